The Morgan fingerprint density at radius 1 is 1.16 bits per heavy atom. The van der Waals surface area contributed by atoms with Crippen molar-refractivity contribution in [3.8, 4) is 23.3 Å². The van der Waals surface area contributed by atoms with E-state index in [0.29, 0.717) is 48.2 Å². The minimum atomic E-state index is -4.21. The smallest absolute Gasteiger partial charge is 0.401 e. The van der Waals surface area contributed by atoms with Crippen LogP contribution in [0.25, 0.3) is 11.0 Å². The van der Waals surface area contributed by atoms with Crippen molar-refractivity contribution in [1.82, 2.24) is 10.2 Å². The zero-order valence-corrected chi connectivity index (χ0v) is 19.6. The molecule has 3 aromatic rings. The Kier molecular flexibility index (Phi) is 7.59. The number of ether oxygens (including phenoxy) is 1. The van der Waals surface area contributed by atoms with Gasteiger partial charge in [-0.2, -0.15) is 13.2 Å². The first-order chi connectivity index (χ1) is 17.6. The molecule has 0 bridgehead atoms. The van der Waals surface area contributed by atoms with Crippen molar-refractivity contribution in [1.29, 1.82) is 0 Å². The van der Waals surface area contributed by atoms with E-state index < -0.39 is 24.5 Å². The van der Waals surface area contributed by atoms with Crippen LogP contribution < -0.4 is 15.8 Å². The molecule has 1 fully saturated rings. The average Bonchev–Trinajstić information content (AvgIpc) is 3.25. The molecule has 4 N–H and O–H groups in total. The Hall–Kier alpha value is -4.17. The lowest BCUT2D eigenvalue weighted by molar-refractivity contribution is -0.149. The van der Waals surface area contributed by atoms with Gasteiger partial charge in [-0.3, -0.25) is 14.5 Å². The quantitative estimate of drug-likeness (QED) is 0.433. The average molecular weight is 515 g/mol. The van der Waals surface area contributed by atoms with Crippen LogP contribution in [0.5, 0.6) is 11.5 Å². The first-order valence-electron chi connectivity index (χ1n) is 11.5. The summed E-state index contributed by atoms with van der Waals surface area (Å²) in [6.45, 7) is -0.281. The number of hydrogen-bond acceptors (Lipinski definition) is 6. The van der Waals surface area contributed by atoms with Gasteiger partial charge in [0, 0.05) is 24.0 Å². The molecular weight excluding hydrogens is 491 g/mol. The van der Waals surface area contributed by atoms with Crippen molar-refractivity contribution < 1.29 is 37.0 Å². The second kappa shape index (κ2) is 10.8. The Balaban J connectivity index is 1.31. The van der Waals surface area contributed by atoms with Crippen LogP contribution in [0.15, 0.2) is 46.9 Å². The van der Waals surface area contributed by atoms with Crippen LogP contribution in [0, 0.1) is 11.8 Å². The van der Waals surface area contributed by atoms with Crippen molar-refractivity contribution in [2.24, 2.45) is 5.73 Å². The maximum Gasteiger partial charge on any atom is 0.401 e. The third-order valence-corrected chi connectivity index (χ3v) is 5.79. The van der Waals surface area contributed by atoms with Crippen molar-refractivity contribution in [3.63, 3.8) is 0 Å². The third kappa shape index (κ3) is 6.95. The number of furan rings is 1. The molecule has 2 amide bonds. The molecule has 0 radical (unpaired) electrons. The number of rotatable bonds is 6. The van der Waals surface area contributed by atoms with Crippen molar-refractivity contribution in [2.45, 2.75) is 25.1 Å². The van der Waals surface area contributed by atoms with E-state index in [-0.39, 0.29) is 29.7 Å². The SMILES string of the molecule is NC(=O)c1ccc(C#CCNC(=O)c2cc3cc(OC4CCN(CC(F)(F)F)CC4)ccc3o2)cc1O. The van der Waals surface area contributed by atoms with Gasteiger partial charge in [0.2, 0.25) is 0 Å². The van der Waals surface area contributed by atoms with Gasteiger partial charge in [-0.15, -0.1) is 0 Å². The van der Waals surface area contributed by atoms with Gasteiger partial charge in [0.05, 0.1) is 18.7 Å². The number of amides is 2. The molecule has 2 heterocycles. The van der Waals surface area contributed by atoms with Gasteiger partial charge in [-0.05, 0) is 55.3 Å². The normalized spacial score (nSPS) is 14.7. The first-order valence-corrected chi connectivity index (χ1v) is 11.5. The van der Waals surface area contributed by atoms with E-state index in [2.05, 4.69) is 17.2 Å². The van der Waals surface area contributed by atoms with E-state index in [1.165, 1.54) is 23.1 Å². The van der Waals surface area contributed by atoms with Gasteiger partial charge in [0.15, 0.2) is 5.76 Å². The number of likely N-dealkylation sites (tertiary alicyclic amines) is 1. The monoisotopic (exact) mass is 515 g/mol. The minimum Gasteiger partial charge on any atom is -0.507 e. The standard InChI is InChI=1S/C26H24F3N3O5/c27-26(28,29)15-32-10-7-18(8-11-32)36-19-4-6-22-17(13-19)14-23(37-22)25(35)31-9-1-2-16-3-5-20(24(30)34)21(33)12-16/h3-6,12-14,18,33H,7-11,15H2,(H2,30,34)(H,31,35). The van der Waals surface area contributed by atoms with Gasteiger partial charge in [-0.25, -0.2) is 0 Å². The molecule has 1 aliphatic heterocycles. The Morgan fingerprint density at radius 2 is 1.92 bits per heavy atom. The number of primary amides is 1. The summed E-state index contributed by atoms with van der Waals surface area (Å²) < 4.78 is 49.2. The molecular formula is C26H24F3N3O5. The molecule has 0 unspecified atom stereocenters. The number of nitrogens with two attached hydrogens (primary N) is 1. The number of aromatic hydroxyl groups is 1. The fraction of sp³-hybridized carbons (Fsp3) is 0.308. The molecule has 0 spiro atoms. The van der Waals surface area contributed by atoms with Gasteiger partial charge in [-0.1, -0.05) is 11.8 Å². The number of piperidine rings is 1. The lowest BCUT2D eigenvalue weighted by atomic mass is 10.1. The molecule has 4 rings (SSSR count). The van der Waals surface area contributed by atoms with Crippen LogP contribution in [-0.2, 0) is 0 Å². The van der Waals surface area contributed by atoms with E-state index >= 15 is 0 Å². The predicted octanol–water partition coefficient (Wildman–Crippen LogP) is 3.42. The molecule has 11 heteroatoms. The van der Waals surface area contributed by atoms with Gasteiger partial charge >= 0.3 is 6.18 Å². The lowest BCUT2D eigenvalue weighted by Gasteiger charge is -2.32. The molecule has 0 aliphatic carbocycles. The number of phenols is 1. The van der Waals surface area contributed by atoms with Crippen molar-refractivity contribution in [3.05, 3.63) is 59.4 Å². The fourth-order valence-corrected chi connectivity index (χ4v) is 4.01. The molecule has 0 saturated carbocycles. The van der Waals surface area contributed by atoms with E-state index in [0.717, 1.165) is 0 Å². The minimum absolute atomic E-state index is 0.00953. The van der Waals surface area contributed by atoms with E-state index in [1.54, 1.807) is 24.3 Å². The van der Waals surface area contributed by atoms with Gasteiger partial charge in [0.1, 0.15) is 23.2 Å². The number of nitrogens with zero attached hydrogens (tertiary/aromatic N) is 1. The van der Waals surface area contributed by atoms with Crippen LogP contribution in [0.3, 0.4) is 0 Å². The number of nitrogens with one attached hydrogen (secondary N) is 1. The second-order valence-corrected chi connectivity index (χ2v) is 8.60. The van der Waals surface area contributed by atoms with Crippen LogP contribution >= 0.6 is 0 Å². The van der Waals surface area contributed by atoms with Gasteiger partial charge < -0.3 is 25.3 Å². The highest BCUT2D eigenvalue weighted by molar-refractivity contribution is 5.96. The first kappa shape index (κ1) is 25.9. The highest BCUT2D eigenvalue weighted by atomic mass is 19.4. The topological polar surface area (TPSA) is 118 Å². The predicted molar refractivity (Wildman–Crippen MR) is 128 cm³/mol. The summed E-state index contributed by atoms with van der Waals surface area (Å²) in [6.07, 6.45) is -3.42. The summed E-state index contributed by atoms with van der Waals surface area (Å²) in [7, 11) is 0. The molecule has 2 aromatic carbocycles. The summed E-state index contributed by atoms with van der Waals surface area (Å²) in [4.78, 5) is 25.0. The zero-order valence-electron chi connectivity index (χ0n) is 19.6. The zero-order chi connectivity index (χ0) is 26.6. The van der Waals surface area contributed by atoms with E-state index in [4.69, 9.17) is 14.9 Å². The Bertz CT molecular complexity index is 1370. The van der Waals surface area contributed by atoms with Crippen molar-refractivity contribution in [2.75, 3.05) is 26.2 Å². The van der Waals surface area contributed by atoms with Crippen LogP contribution in [0.4, 0.5) is 13.2 Å². The summed E-state index contributed by atoms with van der Waals surface area (Å²) in [6, 6.07) is 10.8. The molecule has 0 atom stereocenters. The highest BCUT2D eigenvalue weighted by Crippen LogP contribution is 2.27. The van der Waals surface area contributed by atoms with Crippen LogP contribution in [-0.4, -0.2) is 60.3 Å². The number of hydrogen-bond donors (Lipinski definition) is 3. The number of fused-ring (bicyclic) bond motifs is 1. The number of carbonyl (C=O) groups excluding carboxylic acids is 2. The maximum atomic E-state index is 12.6. The lowest BCUT2D eigenvalue weighted by Crippen LogP contribution is -2.42. The number of benzene rings is 2. The van der Waals surface area contributed by atoms with E-state index in [9.17, 15) is 27.9 Å². The van der Waals surface area contributed by atoms with Crippen LogP contribution in [0.2, 0.25) is 0 Å². The second-order valence-electron chi connectivity index (χ2n) is 8.60. The summed E-state index contributed by atoms with van der Waals surface area (Å²) in [5.41, 5.74) is 6.06. The molecule has 1 saturated heterocycles. The molecule has 8 nitrogen and oxygen atoms in total. The van der Waals surface area contributed by atoms with Crippen LogP contribution in [0.1, 0.15) is 39.3 Å². The Morgan fingerprint density at radius 3 is 2.59 bits per heavy atom. The largest absolute Gasteiger partial charge is 0.507 e. The summed E-state index contributed by atoms with van der Waals surface area (Å²) in [5, 5.41) is 13.0. The maximum absolute atomic E-state index is 12.6. The molecule has 1 aliphatic rings. The fourth-order valence-electron chi connectivity index (χ4n) is 4.01. The summed E-state index contributed by atoms with van der Waals surface area (Å²) in [5.74, 6) is 4.63. The Labute approximate surface area is 210 Å². The number of carbonyl (C=O) groups is 2. The third-order valence-electron chi connectivity index (χ3n) is 5.79. The number of alkyl halides is 3. The van der Waals surface area contributed by atoms with Crippen molar-refractivity contribution >= 4 is 22.8 Å². The number of halogens is 3. The summed E-state index contributed by atoms with van der Waals surface area (Å²) >= 11 is 0. The molecule has 1 aromatic heterocycles. The van der Waals surface area contributed by atoms with E-state index in [1.807, 2.05) is 0 Å². The molecule has 37 heavy (non-hydrogen) atoms. The molecule has 194 valence electrons. The highest BCUT2D eigenvalue weighted by Gasteiger charge is 2.32. The van der Waals surface area contributed by atoms with Gasteiger partial charge in [0.25, 0.3) is 11.8 Å².